The highest BCUT2D eigenvalue weighted by Gasteiger charge is 2.16. The number of rotatable bonds is 2. The highest BCUT2D eigenvalue weighted by Crippen LogP contribution is 2.30. The lowest BCUT2D eigenvalue weighted by molar-refractivity contribution is 0.415. The standard InChI is InChI=1S/C16H17BrN2O2/c1-21-10-7-8-13(17)12(9-10)15-18-14-6-4-2-3-5-11(14)16(20)19-15/h7-9H,2-6H2,1H3,(H,18,19,20). The first-order chi connectivity index (χ1) is 10.2. The normalized spacial score (nSPS) is 14.4. The molecule has 0 saturated heterocycles. The molecule has 1 aliphatic rings. The van der Waals surface area contributed by atoms with Crippen LogP contribution in [-0.4, -0.2) is 17.1 Å². The monoisotopic (exact) mass is 348 g/mol. The molecule has 0 unspecified atom stereocenters. The quantitative estimate of drug-likeness (QED) is 0.845. The molecule has 0 bridgehead atoms. The summed E-state index contributed by atoms with van der Waals surface area (Å²) in [6.07, 6.45) is 5.04. The number of H-pyrrole nitrogens is 1. The van der Waals surface area contributed by atoms with Gasteiger partial charge in [0, 0.05) is 15.6 Å². The van der Waals surface area contributed by atoms with Crippen LogP contribution in [0.2, 0.25) is 0 Å². The zero-order chi connectivity index (χ0) is 14.8. The molecule has 0 atom stereocenters. The topological polar surface area (TPSA) is 55.0 Å². The third-order valence-electron chi connectivity index (χ3n) is 3.87. The van der Waals surface area contributed by atoms with Crippen molar-refractivity contribution in [1.29, 1.82) is 0 Å². The summed E-state index contributed by atoms with van der Waals surface area (Å²) in [5.41, 5.74) is 2.64. The van der Waals surface area contributed by atoms with Crippen LogP contribution in [-0.2, 0) is 12.8 Å². The van der Waals surface area contributed by atoms with Crippen LogP contribution in [0.5, 0.6) is 5.75 Å². The Morgan fingerprint density at radius 3 is 2.86 bits per heavy atom. The summed E-state index contributed by atoms with van der Waals surface area (Å²) in [7, 11) is 1.63. The maximum atomic E-state index is 12.3. The maximum Gasteiger partial charge on any atom is 0.254 e. The Morgan fingerprint density at radius 2 is 2.05 bits per heavy atom. The van der Waals surface area contributed by atoms with Gasteiger partial charge in [0.05, 0.1) is 12.8 Å². The van der Waals surface area contributed by atoms with E-state index in [-0.39, 0.29) is 5.56 Å². The molecule has 0 aliphatic heterocycles. The molecule has 1 aromatic carbocycles. The lowest BCUT2D eigenvalue weighted by atomic mass is 10.1. The van der Waals surface area contributed by atoms with Crippen molar-refractivity contribution in [2.45, 2.75) is 32.1 Å². The third-order valence-corrected chi connectivity index (χ3v) is 4.56. The minimum Gasteiger partial charge on any atom is -0.497 e. The fourth-order valence-electron chi connectivity index (χ4n) is 2.72. The Hall–Kier alpha value is -1.62. The van der Waals surface area contributed by atoms with Crippen molar-refractivity contribution in [2.24, 2.45) is 0 Å². The SMILES string of the molecule is COc1ccc(Br)c(-c2nc3c(c(=O)[nH]2)CCCCC3)c1. The first kappa shape index (κ1) is 14.3. The van der Waals surface area contributed by atoms with Gasteiger partial charge in [0.2, 0.25) is 0 Å². The summed E-state index contributed by atoms with van der Waals surface area (Å²) in [6.45, 7) is 0. The molecule has 3 rings (SSSR count). The van der Waals surface area contributed by atoms with Gasteiger partial charge in [0.1, 0.15) is 11.6 Å². The van der Waals surface area contributed by atoms with E-state index in [1.165, 1.54) is 0 Å². The second-order valence-electron chi connectivity index (χ2n) is 5.25. The minimum absolute atomic E-state index is 0.00776. The maximum absolute atomic E-state index is 12.3. The van der Waals surface area contributed by atoms with Gasteiger partial charge in [-0.15, -0.1) is 0 Å². The van der Waals surface area contributed by atoms with E-state index in [1.807, 2.05) is 18.2 Å². The number of nitrogens with one attached hydrogen (secondary N) is 1. The number of aromatic amines is 1. The van der Waals surface area contributed by atoms with Crippen molar-refractivity contribution in [3.63, 3.8) is 0 Å². The smallest absolute Gasteiger partial charge is 0.254 e. The predicted octanol–water partition coefficient (Wildman–Crippen LogP) is 3.48. The molecule has 4 nitrogen and oxygen atoms in total. The lowest BCUT2D eigenvalue weighted by Crippen LogP contribution is -2.18. The van der Waals surface area contributed by atoms with E-state index in [0.717, 1.165) is 59.1 Å². The zero-order valence-electron chi connectivity index (χ0n) is 11.9. The molecule has 5 heteroatoms. The number of nitrogens with zero attached hydrogens (tertiary/aromatic N) is 1. The van der Waals surface area contributed by atoms with E-state index in [0.29, 0.717) is 5.82 Å². The summed E-state index contributed by atoms with van der Waals surface area (Å²) in [6, 6.07) is 5.65. The average Bonchev–Trinajstić information content (AvgIpc) is 2.73. The fourth-order valence-corrected chi connectivity index (χ4v) is 3.15. The number of benzene rings is 1. The molecule has 0 spiro atoms. The highest BCUT2D eigenvalue weighted by molar-refractivity contribution is 9.10. The average molecular weight is 349 g/mol. The number of aromatic nitrogens is 2. The van der Waals surface area contributed by atoms with Gasteiger partial charge in [-0.2, -0.15) is 0 Å². The van der Waals surface area contributed by atoms with Crippen LogP contribution in [0.4, 0.5) is 0 Å². The summed E-state index contributed by atoms with van der Waals surface area (Å²) in [4.78, 5) is 20.0. The van der Waals surface area contributed by atoms with Gasteiger partial charge in [-0.25, -0.2) is 4.98 Å². The molecule has 0 amide bonds. The first-order valence-electron chi connectivity index (χ1n) is 7.15. The number of methoxy groups -OCH3 is 1. The van der Waals surface area contributed by atoms with E-state index in [2.05, 4.69) is 20.9 Å². The molecule has 2 aromatic rings. The third kappa shape index (κ3) is 2.88. The van der Waals surface area contributed by atoms with Crippen molar-refractivity contribution in [3.8, 4) is 17.1 Å². The summed E-state index contributed by atoms with van der Waals surface area (Å²) in [5.74, 6) is 1.34. The van der Waals surface area contributed by atoms with Crippen LogP contribution in [0.1, 0.15) is 30.5 Å². The molecule has 1 N–H and O–H groups in total. The highest BCUT2D eigenvalue weighted by atomic mass is 79.9. The van der Waals surface area contributed by atoms with Gasteiger partial charge in [-0.1, -0.05) is 22.4 Å². The Morgan fingerprint density at radius 1 is 1.24 bits per heavy atom. The van der Waals surface area contributed by atoms with E-state index < -0.39 is 0 Å². The lowest BCUT2D eigenvalue weighted by Gasteiger charge is -2.10. The summed E-state index contributed by atoms with van der Waals surface area (Å²) >= 11 is 3.51. The summed E-state index contributed by atoms with van der Waals surface area (Å²) in [5, 5.41) is 0. The molecule has 1 aliphatic carbocycles. The second-order valence-corrected chi connectivity index (χ2v) is 6.10. The minimum atomic E-state index is -0.00776. The van der Waals surface area contributed by atoms with Crippen molar-refractivity contribution >= 4 is 15.9 Å². The van der Waals surface area contributed by atoms with Crippen LogP contribution in [0.3, 0.4) is 0 Å². The number of hydrogen-bond donors (Lipinski definition) is 1. The molecule has 21 heavy (non-hydrogen) atoms. The van der Waals surface area contributed by atoms with Gasteiger partial charge >= 0.3 is 0 Å². The van der Waals surface area contributed by atoms with Crippen LogP contribution in [0.25, 0.3) is 11.4 Å². The van der Waals surface area contributed by atoms with Gasteiger partial charge in [0.15, 0.2) is 0 Å². The largest absolute Gasteiger partial charge is 0.497 e. The number of halogens is 1. The van der Waals surface area contributed by atoms with Crippen LogP contribution >= 0.6 is 15.9 Å². The molecule has 110 valence electrons. The number of hydrogen-bond acceptors (Lipinski definition) is 3. The number of ether oxygens (including phenoxy) is 1. The molecule has 0 radical (unpaired) electrons. The van der Waals surface area contributed by atoms with Gasteiger partial charge in [-0.05, 0) is 43.9 Å². The van der Waals surface area contributed by atoms with E-state index >= 15 is 0 Å². The number of fused-ring (bicyclic) bond motifs is 1. The van der Waals surface area contributed by atoms with Crippen molar-refractivity contribution in [3.05, 3.63) is 44.3 Å². The molecule has 1 aromatic heterocycles. The molecular formula is C16H17BrN2O2. The van der Waals surface area contributed by atoms with Crippen LogP contribution < -0.4 is 10.3 Å². The van der Waals surface area contributed by atoms with E-state index in [4.69, 9.17) is 9.72 Å². The predicted molar refractivity (Wildman–Crippen MR) is 85.8 cm³/mol. The van der Waals surface area contributed by atoms with Gasteiger partial charge in [0.25, 0.3) is 5.56 Å². The Labute approximate surface area is 131 Å². The van der Waals surface area contributed by atoms with Crippen molar-refractivity contribution in [1.82, 2.24) is 9.97 Å². The first-order valence-corrected chi connectivity index (χ1v) is 7.94. The fraction of sp³-hybridized carbons (Fsp3) is 0.375. The van der Waals surface area contributed by atoms with Crippen molar-refractivity contribution in [2.75, 3.05) is 7.11 Å². The second kappa shape index (κ2) is 6.02. The van der Waals surface area contributed by atoms with Crippen molar-refractivity contribution < 1.29 is 4.74 Å². The molecule has 0 saturated carbocycles. The van der Waals surface area contributed by atoms with E-state index in [9.17, 15) is 4.79 Å². The van der Waals surface area contributed by atoms with Gasteiger partial charge < -0.3 is 9.72 Å². The molecule has 0 fully saturated rings. The van der Waals surface area contributed by atoms with Crippen LogP contribution in [0.15, 0.2) is 27.5 Å². The summed E-state index contributed by atoms with van der Waals surface area (Å²) < 4.78 is 6.14. The van der Waals surface area contributed by atoms with Gasteiger partial charge in [-0.3, -0.25) is 4.79 Å². The Bertz CT molecular complexity index is 725. The Balaban J connectivity index is 2.13. The zero-order valence-corrected chi connectivity index (χ0v) is 13.5. The molecule has 1 heterocycles. The molecular weight excluding hydrogens is 332 g/mol. The van der Waals surface area contributed by atoms with E-state index in [1.54, 1.807) is 7.11 Å². The Kier molecular flexibility index (Phi) is 4.10. The van der Waals surface area contributed by atoms with Crippen LogP contribution in [0, 0.1) is 0 Å². The number of aryl methyl sites for hydroxylation is 1.